The van der Waals surface area contributed by atoms with E-state index in [0.29, 0.717) is 13.2 Å². The van der Waals surface area contributed by atoms with E-state index < -0.39 is 0 Å². The number of hydrogen-bond acceptors (Lipinski definition) is 5. The molecule has 2 N–H and O–H groups in total. The molecule has 8 heteroatoms. The van der Waals surface area contributed by atoms with Gasteiger partial charge in [-0.2, -0.15) is 0 Å². The number of methoxy groups -OCH3 is 1. The SMILES string of the molecule is CN=C(NCCOc1ccc(OC)cc1)NCc1ccc(CN2CCN(C)CC2)cc1.I. The molecule has 1 aliphatic heterocycles. The van der Waals surface area contributed by atoms with E-state index in [4.69, 9.17) is 9.47 Å². The van der Waals surface area contributed by atoms with Crippen molar-refractivity contribution in [2.24, 2.45) is 4.99 Å². The predicted molar refractivity (Wildman–Crippen MR) is 141 cm³/mol. The van der Waals surface area contributed by atoms with Crippen molar-refractivity contribution >= 4 is 29.9 Å². The first-order valence-corrected chi connectivity index (χ1v) is 10.9. The summed E-state index contributed by atoms with van der Waals surface area (Å²) in [6.07, 6.45) is 0. The van der Waals surface area contributed by atoms with E-state index in [-0.39, 0.29) is 24.0 Å². The van der Waals surface area contributed by atoms with Gasteiger partial charge in [-0.3, -0.25) is 9.89 Å². The van der Waals surface area contributed by atoms with Crippen LogP contribution >= 0.6 is 24.0 Å². The van der Waals surface area contributed by atoms with Crippen molar-refractivity contribution in [3.8, 4) is 11.5 Å². The minimum Gasteiger partial charge on any atom is -0.497 e. The molecule has 7 nitrogen and oxygen atoms in total. The summed E-state index contributed by atoms with van der Waals surface area (Å²) >= 11 is 0. The van der Waals surface area contributed by atoms with Crippen molar-refractivity contribution in [3.63, 3.8) is 0 Å². The Hall–Kier alpha value is -2.04. The maximum atomic E-state index is 5.74. The molecule has 2 aromatic carbocycles. The van der Waals surface area contributed by atoms with Gasteiger partial charge in [-0.05, 0) is 42.4 Å². The molecule has 0 atom stereocenters. The van der Waals surface area contributed by atoms with Gasteiger partial charge in [0.25, 0.3) is 0 Å². The highest BCUT2D eigenvalue weighted by Crippen LogP contribution is 2.16. The molecule has 1 aliphatic rings. The van der Waals surface area contributed by atoms with E-state index in [1.165, 1.54) is 11.1 Å². The second kappa shape index (κ2) is 14.2. The number of guanidine groups is 1. The molecular formula is C24H36IN5O2. The highest BCUT2D eigenvalue weighted by Gasteiger charge is 2.13. The maximum absolute atomic E-state index is 5.74. The summed E-state index contributed by atoms with van der Waals surface area (Å²) in [5.41, 5.74) is 2.60. The highest BCUT2D eigenvalue weighted by molar-refractivity contribution is 14.0. The normalized spacial score (nSPS) is 15.0. The van der Waals surface area contributed by atoms with Crippen LogP contribution < -0.4 is 20.1 Å². The molecule has 32 heavy (non-hydrogen) atoms. The van der Waals surface area contributed by atoms with Crippen LogP contribution in [-0.4, -0.2) is 76.3 Å². The minimum absolute atomic E-state index is 0. The molecule has 3 rings (SSSR count). The number of ether oxygens (including phenoxy) is 2. The lowest BCUT2D eigenvalue weighted by Crippen LogP contribution is -2.43. The van der Waals surface area contributed by atoms with Gasteiger partial charge in [-0.15, -0.1) is 24.0 Å². The Bertz CT molecular complexity index is 806. The Morgan fingerprint density at radius 2 is 1.53 bits per heavy atom. The van der Waals surface area contributed by atoms with Crippen LogP contribution in [0.15, 0.2) is 53.5 Å². The number of rotatable bonds is 9. The minimum atomic E-state index is 0. The monoisotopic (exact) mass is 553 g/mol. The van der Waals surface area contributed by atoms with Crippen LogP contribution in [0.3, 0.4) is 0 Å². The fraction of sp³-hybridized carbons (Fsp3) is 0.458. The molecule has 1 heterocycles. The van der Waals surface area contributed by atoms with Gasteiger partial charge in [0.05, 0.1) is 13.7 Å². The number of nitrogens with zero attached hydrogens (tertiary/aromatic N) is 3. The molecule has 0 saturated carbocycles. The predicted octanol–water partition coefficient (Wildman–Crippen LogP) is 2.80. The van der Waals surface area contributed by atoms with E-state index in [1.54, 1.807) is 14.2 Å². The van der Waals surface area contributed by atoms with Crippen molar-refractivity contribution in [1.82, 2.24) is 20.4 Å². The number of nitrogens with one attached hydrogen (secondary N) is 2. The summed E-state index contributed by atoms with van der Waals surface area (Å²) in [5.74, 6) is 2.41. The van der Waals surface area contributed by atoms with Gasteiger partial charge >= 0.3 is 0 Å². The third-order valence-corrected chi connectivity index (χ3v) is 5.43. The zero-order chi connectivity index (χ0) is 21.9. The fourth-order valence-corrected chi connectivity index (χ4v) is 3.44. The zero-order valence-corrected chi connectivity index (χ0v) is 21.7. The fourth-order valence-electron chi connectivity index (χ4n) is 3.44. The lowest BCUT2D eigenvalue weighted by molar-refractivity contribution is 0.148. The van der Waals surface area contributed by atoms with Crippen LogP contribution in [0.4, 0.5) is 0 Å². The van der Waals surface area contributed by atoms with Gasteiger partial charge in [-0.25, -0.2) is 0 Å². The molecule has 0 bridgehead atoms. The lowest BCUT2D eigenvalue weighted by Gasteiger charge is -2.32. The molecule has 0 amide bonds. The molecule has 0 aromatic heterocycles. The second-order valence-corrected chi connectivity index (χ2v) is 7.77. The quantitative estimate of drug-likeness (QED) is 0.216. The van der Waals surface area contributed by atoms with Crippen LogP contribution in [0, 0.1) is 0 Å². The molecule has 0 aliphatic carbocycles. The van der Waals surface area contributed by atoms with E-state index in [1.807, 2.05) is 24.3 Å². The average Bonchev–Trinajstić information content (AvgIpc) is 2.81. The van der Waals surface area contributed by atoms with Crippen LogP contribution in [-0.2, 0) is 13.1 Å². The second-order valence-electron chi connectivity index (χ2n) is 7.77. The summed E-state index contributed by atoms with van der Waals surface area (Å²) in [4.78, 5) is 9.19. The summed E-state index contributed by atoms with van der Waals surface area (Å²) < 4.78 is 10.9. The van der Waals surface area contributed by atoms with Crippen molar-refractivity contribution in [1.29, 1.82) is 0 Å². The van der Waals surface area contributed by atoms with E-state index in [0.717, 1.165) is 56.7 Å². The average molecular weight is 553 g/mol. The van der Waals surface area contributed by atoms with Gasteiger partial charge < -0.3 is 25.0 Å². The number of benzene rings is 2. The molecule has 1 saturated heterocycles. The molecule has 0 radical (unpaired) electrons. The lowest BCUT2D eigenvalue weighted by atomic mass is 10.1. The summed E-state index contributed by atoms with van der Waals surface area (Å²) in [6.45, 7) is 7.56. The van der Waals surface area contributed by atoms with Gasteiger partial charge in [0, 0.05) is 46.3 Å². The molecule has 2 aromatic rings. The van der Waals surface area contributed by atoms with Gasteiger partial charge in [-0.1, -0.05) is 24.3 Å². The number of piperazine rings is 1. The third kappa shape index (κ3) is 8.84. The van der Waals surface area contributed by atoms with Crippen molar-refractivity contribution < 1.29 is 9.47 Å². The van der Waals surface area contributed by atoms with Gasteiger partial charge in [0.2, 0.25) is 0 Å². The molecule has 1 fully saturated rings. The Kier molecular flexibility index (Phi) is 11.6. The number of likely N-dealkylation sites (N-methyl/N-ethyl adjacent to an activating group) is 1. The third-order valence-electron chi connectivity index (χ3n) is 5.43. The van der Waals surface area contributed by atoms with Crippen LogP contribution in [0.2, 0.25) is 0 Å². The molecule has 0 unspecified atom stereocenters. The smallest absolute Gasteiger partial charge is 0.191 e. The summed E-state index contributed by atoms with van der Waals surface area (Å²) in [7, 11) is 5.62. The standard InChI is InChI=1S/C24H35N5O2.HI/c1-25-24(26-12-17-31-23-10-8-22(30-3)9-11-23)27-18-20-4-6-21(7-5-20)19-29-15-13-28(2)14-16-29;/h4-11H,12-19H2,1-3H3,(H2,25,26,27);1H. The first kappa shape index (κ1) is 26.2. The largest absolute Gasteiger partial charge is 0.497 e. The number of hydrogen-bond donors (Lipinski definition) is 2. The summed E-state index contributed by atoms with van der Waals surface area (Å²) in [5, 5.41) is 6.64. The number of aliphatic imine (C=N–C) groups is 1. The Morgan fingerprint density at radius 1 is 0.906 bits per heavy atom. The van der Waals surface area contributed by atoms with Crippen LogP contribution in [0.5, 0.6) is 11.5 Å². The van der Waals surface area contributed by atoms with Crippen molar-refractivity contribution in [2.75, 3.05) is 60.5 Å². The number of halogens is 1. The first-order chi connectivity index (χ1) is 15.2. The Labute approximate surface area is 209 Å². The highest BCUT2D eigenvalue weighted by atomic mass is 127. The van der Waals surface area contributed by atoms with E-state index >= 15 is 0 Å². The topological polar surface area (TPSA) is 61.4 Å². The summed E-state index contributed by atoms with van der Waals surface area (Å²) in [6, 6.07) is 16.4. The van der Waals surface area contributed by atoms with Crippen LogP contribution in [0.25, 0.3) is 0 Å². The maximum Gasteiger partial charge on any atom is 0.191 e. The van der Waals surface area contributed by atoms with E-state index in [2.05, 4.69) is 56.7 Å². The van der Waals surface area contributed by atoms with Crippen LogP contribution in [0.1, 0.15) is 11.1 Å². The molecule has 0 spiro atoms. The zero-order valence-electron chi connectivity index (χ0n) is 19.3. The first-order valence-electron chi connectivity index (χ1n) is 10.9. The van der Waals surface area contributed by atoms with Crippen molar-refractivity contribution in [2.45, 2.75) is 13.1 Å². The molecular weight excluding hydrogens is 517 g/mol. The van der Waals surface area contributed by atoms with Crippen molar-refractivity contribution in [3.05, 3.63) is 59.7 Å². The Morgan fingerprint density at radius 3 is 2.16 bits per heavy atom. The van der Waals surface area contributed by atoms with Gasteiger partial charge in [0.1, 0.15) is 18.1 Å². The van der Waals surface area contributed by atoms with E-state index in [9.17, 15) is 0 Å². The van der Waals surface area contributed by atoms with Gasteiger partial charge in [0.15, 0.2) is 5.96 Å². The molecule has 176 valence electrons. The Balaban J connectivity index is 0.00000363.